The van der Waals surface area contributed by atoms with E-state index in [1.165, 1.54) is 22.8 Å². The second kappa shape index (κ2) is 9.13. The van der Waals surface area contributed by atoms with E-state index in [0.717, 1.165) is 11.8 Å². The Bertz CT molecular complexity index is 1340. The van der Waals surface area contributed by atoms with Crippen LogP contribution in [0, 0.1) is 10.1 Å². The van der Waals surface area contributed by atoms with Crippen molar-refractivity contribution in [2.75, 3.05) is 0 Å². The van der Waals surface area contributed by atoms with Gasteiger partial charge in [-0.05, 0) is 17.2 Å². The van der Waals surface area contributed by atoms with Gasteiger partial charge in [0, 0.05) is 12.1 Å². The summed E-state index contributed by atoms with van der Waals surface area (Å²) in [5.74, 6) is -2.33. The molecular formula is C23H17N3O6S. The van der Waals surface area contributed by atoms with Gasteiger partial charge < -0.3 is 14.8 Å². The number of hydrogen-bond acceptors (Lipinski definition) is 6. The van der Waals surface area contributed by atoms with Gasteiger partial charge >= 0.3 is 11.9 Å². The van der Waals surface area contributed by atoms with Crippen molar-refractivity contribution < 1.29 is 24.7 Å². The first-order chi connectivity index (χ1) is 15.9. The Labute approximate surface area is 191 Å². The summed E-state index contributed by atoms with van der Waals surface area (Å²) in [5, 5.41) is 30.4. The molecule has 33 heavy (non-hydrogen) atoms. The molecular weight excluding hydrogens is 446 g/mol. The van der Waals surface area contributed by atoms with Gasteiger partial charge in [-0.3, -0.25) is 14.9 Å². The van der Waals surface area contributed by atoms with Crippen LogP contribution in [0.25, 0.3) is 11.0 Å². The summed E-state index contributed by atoms with van der Waals surface area (Å²) in [4.78, 5) is 39.7. The van der Waals surface area contributed by atoms with Crippen molar-refractivity contribution in [3.05, 3.63) is 100 Å². The lowest BCUT2D eigenvalue weighted by molar-refractivity contribution is -0.384. The number of aliphatic carboxylic acids is 2. The number of imidazole rings is 1. The predicted molar refractivity (Wildman–Crippen MR) is 121 cm³/mol. The molecule has 4 rings (SSSR count). The Balaban J connectivity index is 1.95. The lowest BCUT2D eigenvalue weighted by atomic mass is 10.1. The molecule has 0 radical (unpaired) electrons. The standard InChI is InChI=1S/C23H17N3O6S/c27-21(28)19(14-7-3-1-4-8-14)25-18-13-16(26(31)32)11-12-17(18)24-23(25)33-20(22(29)30)15-9-5-2-6-10-15/h1-13,19-20H,(H,27,28)(H,29,30)/t19-,20-/m1/s1. The number of rotatable bonds is 8. The predicted octanol–water partition coefficient (Wildman–Crippen LogP) is 4.54. The fraction of sp³-hybridized carbons (Fsp3) is 0.0870. The summed E-state index contributed by atoms with van der Waals surface area (Å²) in [5.41, 5.74) is 1.24. The van der Waals surface area contributed by atoms with Gasteiger partial charge in [0.15, 0.2) is 11.2 Å². The summed E-state index contributed by atoms with van der Waals surface area (Å²) in [6.07, 6.45) is 0. The molecule has 3 aromatic carbocycles. The van der Waals surface area contributed by atoms with Gasteiger partial charge in [0.05, 0.1) is 16.0 Å². The highest BCUT2D eigenvalue weighted by molar-refractivity contribution is 8.00. The molecule has 0 aliphatic heterocycles. The quantitative estimate of drug-likeness (QED) is 0.221. The van der Waals surface area contributed by atoms with Crippen LogP contribution in [0.5, 0.6) is 0 Å². The van der Waals surface area contributed by atoms with E-state index in [1.54, 1.807) is 60.7 Å². The van der Waals surface area contributed by atoms with Crippen LogP contribution in [0.1, 0.15) is 22.4 Å². The number of aromatic nitrogens is 2. The minimum Gasteiger partial charge on any atom is -0.480 e. The van der Waals surface area contributed by atoms with Crippen molar-refractivity contribution in [2.24, 2.45) is 0 Å². The highest BCUT2D eigenvalue weighted by Crippen LogP contribution is 2.40. The van der Waals surface area contributed by atoms with Crippen LogP contribution < -0.4 is 0 Å². The first-order valence-electron chi connectivity index (χ1n) is 9.75. The first-order valence-corrected chi connectivity index (χ1v) is 10.6. The number of carboxylic acid groups (broad SMARTS) is 2. The van der Waals surface area contributed by atoms with Crippen LogP contribution in [0.2, 0.25) is 0 Å². The molecule has 2 atom stereocenters. The minimum atomic E-state index is -1.27. The fourth-order valence-corrected chi connectivity index (χ4v) is 4.61. The Kier molecular flexibility index (Phi) is 6.09. The van der Waals surface area contributed by atoms with Crippen LogP contribution in [-0.4, -0.2) is 36.6 Å². The number of carbonyl (C=O) groups is 2. The normalized spacial score (nSPS) is 12.8. The molecule has 0 saturated heterocycles. The van der Waals surface area contributed by atoms with E-state index >= 15 is 0 Å². The third-order valence-corrected chi connectivity index (χ3v) is 6.22. The summed E-state index contributed by atoms with van der Waals surface area (Å²) in [6, 6.07) is 19.6. The van der Waals surface area contributed by atoms with Crippen molar-refractivity contribution >= 4 is 40.4 Å². The van der Waals surface area contributed by atoms with Crippen LogP contribution in [0.4, 0.5) is 5.69 Å². The summed E-state index contributed by atoms with van der Waals surface area (Å²) in [6.45, 7) is 0. The van der Waals surface area contributed by atoms with E-state index in [2.05, 4.69) is 4.98 Å². The molecule has 0 fully saturated rings. The van der Waals surface area contributed by atoms with Gasteiger partial charge in [0.25, 0.3) is 5.69 Å². The summed E-state index contributed by atoms with van der Waals surface area (Å²) in [7, 11) is 0. The number of nitro benzene ring substituents is 1. The maximum absolute atomic E-state index is 12.4. The average molecular weight is 463 g/mol. The van der Waals surface area contributed by atoms with Crippen LogP contribution in [0.15, 0.2) is 84.0 Å². The lowest BCUT2D eigenvalue weighted by Crippen LogP contribution is -2.21. The zero-order chi connectivity index (χ0) is 23.5. The van der Waals surface area contributed by atoms with Crippen molar-refractivity contribution in [2.45, 2.75) is 16.4 Å². The summed E-state index contributed by atoms with van der Waals surface area (Å²) >= 11 is 0.876. The molecule has 0 aliphatic carbocycles. The van der Waals surface area contributed by atoms with E-state index < -0.39 is 28.2 Å². The number of benzene rings is 3. The fourth-order valence-electron chi connectivity index (χ4n) is 3.54. The summed E-state index contributed by atoms with van der Waals surface area (Å²) < 4.78 is 1.35. The molecule has 166 valence electrons. The molecule has 0 unspecified atom stereocenters. The number of non-ortho nitro benzene ring substituents is 1. The number of fused-ring (bicyclic) bond motifs is 1. The first kappa shape index (κ1) is 22.0. The van der Waals surface area contributed by atoms with Gasteiger partial charge in [0.2, 0.25) is 0 Å². The van der Waals surface area contributed by atoms with Gasteiger partial charge in [-0.15, -0.1) is 0 Å². The number of nitrogens with zero attached hydrogens (tertiary/aromatic N) is 3. The van der Waals surface area contributed by atoms with Crippen LogP contribution in [-0.2, 0) is 9.59 Å². The molecule has 9 nitrogen and oxygen atoms in total. The van der Waals surface area contributed by atoms with Crippen molar-refractivity contribution in [1.29, 1.82) is 0 Å². The lowest BCUT2D eigenvalue weighted by Gasteiger charge is -2.20. The molecule has 2 N–H and O–H groups in total. The third-order valence-electron chi connectivity index (χ3n) is 5.01. The van der Waals surface area contributed by atoms with Gasteiger partial charge in [0.1, 0.15) is 5.25 Å². The number of nitro groups is 1. The maximum atomic E-state index is 12.4. The van der Waals surface area contributed by atoms with E-state index in [9.17, 15) is 29.9 Å². The second-order valence-corrected chi connectivity index (χ2v) is 8.17. The molecule has 0 spiro atoms. The molecule has 0 amide bonds. The molecule has 0 aliphatic rings. The van der Waals surface area contributed by atoms with Crippen LogP contribution >= 0.6 is 11.8 Å². The Hall–Kier alpha value is -4.18. The van der Waals surface area contributed by atoms with Crippen molar-refractivity contribution in [3.8, 4) is 0 Å². The zero-order valence-corrected chi connectivity index (χ0v) is 17.8. The molecule has 0 saturated carbocycles. The van der Waals surface area contributed by atoms with E-state index in [4.69, 9.17) is 0 Å². The van der Waals surface area contributed by atoms with E-state index in [-0.39, 0.29) is 16.4 Å². The topological polar surface area (TPSA) is 136 Å². The monoisotopic (exact) mass is 463 g/mol. The Morgan fingerprint density at radius 1 is 0.909 bits per heavy atom. The molecule has 1 aromatic heterocycles. The van der Waals surface area contributed by atoms with Crippen molar-refractivity contribution in [3.63, 3.8) is 0 Å². The highest BCUT2D eigenvalue weighted by atomic mass is 32.2. The molecule has 4 aromatic rings. The number of carboxylic acids is 2. The highest BCUT2D eigenvalue weighted by Gasteiger charge is 2.31. The Morgan fingerprint density at radius 2 is 1.52 bits per heavy atom. The molecule has 0 bridgehead atoms. The van der Waals surface area contributed by atoms with Crippen LogP contribution in [0.3, 0.4) is 0 Å². The van der Waals surface area contributed by atoms with E-state index in [1.807, 2.05) is 0 Å². The largest absolute Gasteiger partial charge is 0.480 e. The second-order valence-electron chi connectivity index (χ2n) is 7.09. The maximum Gasteiger partial charge on any atom is 0.331 e. The molecule has 10 heteroatoms. The zero-order valence-electron chi connectivity index (χ0n) is 16.9. The van der Waals surface area contributed by atoms with Gasteiger partial charge in [-0.1, -0.05) is 72.4 Å². The number of hydrogen-bond donors (Lipinski definition) is 2. The van der Waals surface area contributed by atoms with Crippen molar-refractivity contribution in [1.82, 2.24) is 9.55 Å². The number of thioether (sulfide) groups is 1. The average Bonchev–Trinajstić information content (AvgIpc) is 3.15. The van der Waals surface area contributed by atoms with E-state index in [0.29, 0.717) is 16.6 Å². The van der Waals surface area contributed by atoms with Gasteiger partial charge in [-0.2, -0.15) is 0 Å². The molecule has 1 heterocycles. The Morgan fingerprint density at radius 3 is 2.06 bits per heavy atom. The minimum absolute atomic E-state index is 0.123. The van der Waals surface area contributed by atoms with Gasteiger partial charge in [-0.25, -0.2) is 9.78 Å². The smallest absolute Gasteiger partial charge is 0.331 e. The third kappa shape index (κ3) is 4.41. The SMILES string of the molecule is O=C(O)[C@H](Sc1nc2ccc([N+](=O)[O-])cc2n1[C@@H](C(=O)O)c1ccccc1)c1ccccc1.